The smallest absolute Gasteiger partial charge is 0.255 e. The first-order valence-corrected chi connectivity index (χ1v) is 7.63. The third-order valence-corrected chi connectivity index (χ3v) is 3.67. The molecule has 5 N–H and O–H groups in total. The Kier molecular flexibility index (Phi) is 4.35. The van der Waals surface area contributed by atoms with Crippen molar-refractivity contribution in [3.63, 3.8) is 0 Å². The summed E-state index contributed by atoms with van der Waals surface area (Å²) in [6, 6.07) is 16.3. The van der Waals surface area contributed by atoms with Gasteiger partial charge in [-0.15, -0.1) is 0 Å². The van der Waals surface area contributed by atoms with E-state index in [0.717, 1.165) is 5.69 Å². The maximum absolute atomic E-state index is 12.2. The number of para-hydroxylation sites is 1. The van der Waals surface area contributed by atoms with Crippen LogP contribution in [-0.4, -0.2) is 11.6 Å². The first kappa shape index (κ1) is 15.8. The van der Waals surface area contributed by atoms with E-state index in [1.54, 1.807) is 42.5 Å². The van der Waals surface area contributed by atoms with E-state index in [1.807, 2.05) is 30.3 Å². The van der Waals surface area contributed by atoms with Crippen molar-refractivity contribution in [2.45, 2.75) is 12.1 Å². The number of carbonyl (C=O) groups excluding carboxylic acids is 1. The molecule has 0 heterocycles. The summed E-state index contributed by atoms with van der Waals surface area (Å²) in [6.07, 6.45) is 5.54. The van der Waals surface area contributed by atoms with E-state index in [2.05, 4.69) is 5.32 Å². The molecule has 0 aromatic heterocycles. The molecule has 24 heavy (non-hydrogen) atoms. The van der Waals surface area contributed by atoms with Gasteiger partial charge in [-0.1, -0.05) is 24.3 Å². The Bertz CT molecular complexity index is 782. The van der Waals surface area contributed by atoms with Gasteiger partial charge in [0, 0.05) is 23.4 Å². The SMILES string of the molecule is Nc1ccc(OC2(N)C=CC(C(=O)Nc3ccccc3)=CC2)cc1. The van der Waals surface area contributed by atoms with Crippen LogP contribution < -0.4 is 21.5 Å². The van der Waals surface area contributed by atoms with Gasteiger partial charge in [0.2, 0.25) is 0 Å². The Morgan fingerprint density at radius 1 is 1.08 bits per heavy atom. The molecule has 2 aromatic carbocycles. The molecule has 122 valence electrons. The van der Waals surface area contributed by atoms with Crippen LogP contribution in [0.1, 0.15) is 6.42 Å². The van der Waals surface area contributed by atoms with Crippen LogP contribution in [0.2, 0.25) is 0 Å². The molecule has 1 aliphatic rings. The number of ether oxygens (including phenoxy) is 1. The van der Waals surface area contributed by atoms with Crippen LogP contribution in [0.5, 0.6) is 5.75 Å². The van der Waals surface area contributed by atoms with E-state index in [9.17, 15) is 4.79 Å². The number of amides is 1. The standard InChI is InChI=1S/C19H19N3O2/c20-15-6-8-17(9-7-15)24-19(21)12-10-14(11-13-19)18(23)22-16-4-2-1-3-5-16/h1-12H,13,20-21H2,(H,22,23). The van der Waals surface area contributed by atoms with Crippen LogP contribution in [0.15, 0.2) is 78.4 Å². The summed E-state index contributed by atoms with van der Waals surface area (Å²) in [5.41, 5.74) is 12.9. The predicted molar refractivity (Wildman–Crippen MR) is 95.3 cm³/mol. The van der Waals surface area contributed by atoms with Gasteiger partial charge in [0.05, 0.1) is 0 Å². The van der Waals surface area contributed by atoms with Gasteiger partial charge in [-0.25, -0.2) is 0 Å². The number of nitrogen functional groups attached to an aromatic ring is 1. The van der Waals surface area contributed by atoms with Crippen molar-refractivity contribution in [3.05, 3.63) is 78.4 Å². The van der Waals surface area contributed by atoms with Crippen LogP contribution in [-0.2, 0) is 4.79 Å². The van der Waals surface area contributed by atoms with Gasteiger partial charge in [-0.3, -0.25) is 10.5 Å². The summed E-state index contributed by atoms with van der Waals surface area (Å²) in [5, 5.41) is 2.84. The zero-order valence-corrected chi connectivity index (χ0v) is 13.1. The summed E-state index contributed by atoms with van der Waals surface area (Å²) in [6.45, 7) is 0. The average Bonchev–Trinajstić information content (AvgIpc) is 2.58. The Labute approximate surface area is 140 Å². The van der Waals surface area contributed by atoms with Crippen LogP contribution in [0.3, 0.4) is 0 Å². The molecule has 0 saturated heterocycles. The number of hydrogen-bond acceptors (Lipinski definition) is 4. The third-order valence-electron chi connectivity index (χ3n) is 3.67. The molecule has 2 aromatic rings. The van der Waals surface area contributed by atoms with Gasteiger partial charge in [-0.2, -0.15) is 0 Å². The third kappa shape index (κ3) is 3.83. The van der Waals surface area contributed by atoms with Crippen LogP contribution >= 0.6 is 0 Å². The van der Waals surface area contributed by atoms with Crippen molar-refractivity contribution in [1.82, 2.24) is 0 Å². The van der Waals surface area contributed by atoms with Crippen molar-refractivity contribution in [3.8, 4) is 5.75 Å². The number of rotatable bonds is 4. The molecule has 0 saturated carbocycles. The molecular formula is C19H19N3O2. The Morgan fingerprint density at radius 2 is 1.79 bits per heavy atom. The minimum atomic E-state index is -0.980. The second-order valence-corrected chi connectivity index (χ2v) is 5.64. The van der Waals surface area contributed by atoms with Crippen LogP contribution in [0.25, 0.3) is 0 Å². The molecule has 0 fully saturated rings. The quantitative estimate of drug-likeness (QED) is 0.596. The Morgan fingerprint density at radius 3 is 2.42 bits per heavy atom. The lowest BCUT2D eigenvalue weighted by atomic mass is 9.99. The summed E-state index contributed by atoms with van der Waals surface area (Å²) in [4.78, 5) is 12.2. The van der Waals surface area contributed by atoms with Crippen molar-refractivity contribution in [2.75, 3.05) is 11.1 Å². The fourth-order valence-corrected chi connectivity index (χ4v) is 2.36. The second kappa shape index (κ2) is 6.60. The molecule has 0 aliphatic heterocycles. The normalized spacial score (nSPS) is 19.5. The minimum absolute atomic E-state index is 0.174. The van der Waals surface area contributed by atoms with Crippen molar-refractivity contribution in [1.29, 1.82) is 0 Å². The molecule has 1 unspecified atom stereocenters. The van der Waals surface area contributed by atoms with Gasteiger partial charge in [0.15, 0.2) is 5.72 Å². The fourth-order valence-electron chi connectivity index (χ4n) is 2.36. The molecule has 0 radical (unpaired) electrons. The van der Waals surface area contributed by atoms with Gasteiger partial charge < -0.3 is 15.8 Å². The average molecular weight is 321 g/mol. The van der Waals surface area contributed by atoms with E-state index < -0.39 is 5.72 Å². The molecule has 5 nitrogen and oxygen atoms in total. The number of nitrogens with one attached hydrogen (secondary N) is 1. The lowest BCUT2D eigenvalue weighted by Crippen LogP contribution is -2.44. The molecular weight excluding hydrogens is 302 g/mol. The van der Waals surface area contributed by atoms with Crippen molar-refractivity contribution < 1.29 is 9.53 Å². The topological polar surface area (TPSA) is 90.4 Å². The number of carbonyl (C=O) groups is 1. The minimum Gasteiger partial charge on any atom is -0.469 e. The Balaban J connectivity index is 1.64. The van der Waals surface area contributed by atoms with Crippen LogP contribution in [0.4, 0.5) is 11.4 Å². The summed E-state index contributed by atoms with van der Waals surface area (Å²) in [7, 11) is 0. The number of benzene rings is 2. The van der Waals surface area contributed by atoms with E-state index in [-0.39, 0.29) is 5.91 Å². The lowest BCUT2D eigenvalue weighted by molar-refractivity contribution is -0.112. The molecule has 1 amide bonds. The lowest BCUT2D eigenvalue weighted by Gasteiger charge is -2.28. The Hall–Kier alpha value is -3.05. The molecule has 1 atom stereocenters. The fraction of sp³-hybridized carbons (Fsp3) is 0.105. The van der Waals surface area contributed by atoms with E-state index in [0.29, 0.717) is 23.4 Å². The summed E-state index contributed by atoms with van der Waals surface area (Å²) >= 11 is 0. The molecule has 0 spiro atoms. The predicted octanol–water partition coefficient (Wildman–Crippen LogP) is 2.83. The number of hydrogen-bond donors (Lipinski definition) is 3. The summed E-state index contributed by atoms with van der Waals surface area (Å²) < 4.78 is 5.80. The highest BCUT2D eigenvalue weighted by Gasteiger charge is 2.27. The van der Waals surface area contributed by atoms with Crippen LogP contribution in [0, 0.1) is 0 Å². The van der Waals surface area contributed by atoms with Gasteiger partial charge in [0.1, 0.15) is 5.75 Å². The zero-order valence-electron chi connectivity index (χ0n) is 13.1. The maximum atomic E-state index is 12.2. The van der Waals surface area contributed by atoms with Crippen molar-refractivity contribution in [2.24, 2.45) is 5.73 Å². The molecule has 5 heteroatoms. The number of anilines is 2. The molecule has 3 rings (SSSR count). The highest BCUT2D eigenvalue weighted by atomic mass is 16.5. The highest BCUT2D eigenvalue weighted by Crippen LogP contribution is 2.25. The number of nitrogens with two attached hydrogens (primary N) is 2. The highest BCUT2D eigenvalue weighted by molar-refractivity contribution is 6.05. The second-order valence-electron chi connectivity index (χ2n) is 5.64. The van der Waals surface area contributed by atoms with E-state index in [4.69, 9.17) is 16.2 Å². The largest absolute Gasteiger partial charge is 0.469 e. The monoisotopic (exact) mass is 321 g/mol. The molecule has 1 aliphatic carbocycles. The van der Waals surface area contributed by atoms with Gasteiger partial charge in [0.25, 0.3) is 5.91 Å². The maximum Gasteiger partial charge on any atom is 0.255 e. The van der Waals surface area contributed by atoms with Crippen molar-refractivity contribution >= 4 is 17.3 Å². The zero-order chi connectivity index (χ0) is 17.0. The van der Waals surface area contributed by atoms with Gasteiger partial charge in [-0.05, 0) is 48.6 Å². The summed E-state index contributed by atoms with van der Waals surface area (Å²) in [5.74, 6) is 0.453. The first-order chi connectivity index (χ1) is 11.5. The molecule has 0 bridgehead atoms. The van der Waals surface area contributed by atoms with E-state index >= 15 is 0 Å². The van der Waals surface area contributed by atoms with Gasteiger partial charge >= 0.3 is 0 Å². The van der Waals surface area contributed by atoms with E-state index in [1.165, 1.54) is 0 Å². The first-order valence-electron chi connectivity index (χ1n) is 7.63.